The molecule has 0 saturated heterocycles. The molecule has 0 aliphatic heterocycles. The van der Waals surface area contributed by atoms with Crippen LogP contribution >= 0.6 is 15.9 Å². The second kappa shape index (κ2) is 6.93. The van der Waals surface area contributed by atoms with E-state index in [1.165, 1.54) is 11.1 Å². The average molecular weight is 403 g/mol. The lowest BCUT2D eigenvalue weighted by Gasteiger charge is -2.08. The molecule has 0 N–H and O–H groups in total. The molecule has 3 aromatic carbocycles. The van der Waals surface area contributed by atoms with E-state index in [-0.39, 0.29) is 0 Å². The van der Waals surface area contributed by atoms with Crippen LogP contribution in [0.25, 0.3) is 28.2 Å². The monoisotopic (exact) mass is 402 g/mol. The summed E-state index contributed by atoms with van der Waals surface area (Å²) in [5.41, 5.74) is 7.77. The minimum Gasteiger partial charge on any atom is -0.231 e. The van der Waals surface area contributed by atoms with Gasteiger partial charge in [0.2, 0.25) is 0 Å². The zero-order chi connectivity index (χ0) is 18.1. The maximum atomic E-state index is 4.96. The Hall–Kier alpha value is -2.65. The Morgan fingerprint density at radius 3 is 1.88 bits per heavy atom. The summed E-state index contributed by atoms with van der Waals surface area (Å²) in [6.45, 7) is 4.19. The van der Waals surface area contributed by atoms with Crippen molar-refractivity contribution in [2.45, 2.75) is 13.8 Å². The standard InChI is InChI=1S/C23H19BrN2/c1-16-8-12-18(13-9-16)22-21(24)23(19-6-4-3-5-7-19)26(25-22)20-14-10-17(2)11-15-20/h3-15H,1-2H3. The van der Waals surface area contributed by atoms with Crippen LogP contribution in [0.4, 0.5) is 0 Å². The van der Waals surface area contributed by atoms with Gasteiger partial charge >= 0.3 is 0 Å². The van der Waals surface area contributed by atoms with Crippen LogP contribution < -0.4 is 0 Å². The molecule has 3 heteroatoms. The third-order valence-corrected chi connectivity index (χ3v) is 5.23. The number of aryl methyl sites for hydroxylation is 2. The topological polar surface area (TPSA) is 17.8 Å². The molecular weight excluding hydrogens is 384 g/mol. The molecule has 0 fully saturated rings. The van der Waals surface area contributed by atoms with Crippen molar-refractivity contribution in [2.75, 3.05) is 0 Å². The summed E-state index contributed by atoms with van der Waals surface area (Å²) in [7, 11) is 0. The number of aromatic nitrogens is 2. The lowest BCUT2D eigenvalue weighted by atomic mass is 10.1. The van der Waals surface area contributed by atoms with Crippen LogP contribution in [0.2, 0.25) is 0 Å². The number of hydrogen-bond acceptors (Lipinski definition) is 1. The number of rotatable bonds is 3. The summed E-state index contributed by atoms with van der Waals surface area (Å²) in [6.07, 6.45) is 0. The van der Waals surface area contributed by atoms with Gasteiger partial charge in [-0.1, -0.05) is 77.9 Å². The van der Waals surface area contributed by atoms with Crippen LogP contribution in [0, 0.1) is 13.8 Å². The van der Waals surface area contributed by atoms with Crippen molar-refractivity contribution >= 4 is 15.9 Å². The highest BCUT2D eigenvalue weighted by Crippen LogP contribution is 2.38. The van der Waals surface area contributed by atoms with Gasteiger partial charge in [0.25, 0.3) is 0 Å². The molecule has 26 heavy (non-hydrogen) atoms. The molecular formula is C23H19BrN2. The van der Waals surface area contributed by atoms with Crippen molar-refractivity contribution in [2.24, 2.45) is 0 Å². The first kappa shape index (κ1) is 16.8. The fourth-order valence-electron chi connectivity index (χ4n) is 3.01. The molecule has 0 unspecified atom stereocenters. The highest BCUT2D eigenvalue weighted by molar-refractivity contribution is 9.10. The third kappa shape index (κ3) is 3.11. The minimum atomic E-state index is 0.949. The van der Waals surface area contributed by atoms with E-state index < -0.39 is 0 Å². The molecule has 4 aromatic rings. The Labute approximate surface area is 162 Å². The van der Waals surface area contributed by atoms with Crippen molar-refractivity contribution in [3.63, 3.8) is 0 Å². The zero-order valence-corrected chi connectivity index (χ0v) is 16.4. The van der Waals surface area contributed by atoms with Gasteiger partial charge in [0, 0.05) is 11.1 Å². The molecule has 0 saturated carbocycles. The van der Waals surface area contributed by atoms with E-state index in [4.69, 9.17) is 5.10 Å². The summed E-state index contributed by atoms with van der Waals surface area (Å²) < 4.78 is 3.03. The van der Waals surface area contributed by atoms with Crippen LogP contribution in [0.3, 0.4) is 0 Å². The fourth-order valence-corrected chi connectivity index (χ4v) is 3.72. The number of hydrogen-bond donors (Lipinski definition) is 0. The summed E-state index contributed by atoms with van der Waals surface area (Å²) >= 11 is 3.82. The van der Waals surface area contributed by atoms with Crippen LogP contribution in [0.5, 0.6) is 0 Å². The van der Waals surface area contributed by atoms with E-state index in [0.717, 1.165) is 32.7 Å². The van der Waals surface area contributed by atoms with E-state index in [1.54, 1.807) is 0 Å². The number of halogens is 1. The molecule has 0 amide bonds. The van der Waals surface area contributed by atoms with Crippen LogP contribution in [-0.2, 0) is 0 Å². The molecule has 128 valence electrons. The lowest BCUT2D eigenvalue weighted by molar-refractivity contribution is 0.891. The van der Waals surface area contributed by atoms with Crippen LogP contribution in [-0.4, -0.2) is 9.78 Å². The van der Waals surface area contributed by atoms with E-state index in [9.17, 15) is 0 Å². The molecule has 0 spiro atoms. The molecule has 4 rings (SSSR count). The van der Waals surface area contributed by atoms with E-state index in [2.05, 4.69) is 103 Å². The maximum Gasteiger partial charge on any atom is 0.108 e. The molecule has 1 heterocycles. The van der Waals surface area contributed by atoms with E-state index in [0.29, 0.717) is 0 Å². The maximum absolute atomic E-state index is 4.96. The second-order valence-corrected chi connectivity index (χ2v) is 7.28. The lowest BCUT2D eigenvalue weighted by Crippen LogP contribution is -1.99. The molecule has 0 atom stereocenters. The molecule has 0 bridgehead atoms. The van der Waals surface area contributed by atoms with E-state index >= 15 is 0 Å². The van der Waals surface area contributed by atoms with Gasteiger partial charge in [0.15, 0.2) is 0 Å². The largest absolute Gasteiger partial charge is 0.231 e. The molecule has 0 aliphatic carbocycles. The Balaban J connectivity index is 1.96. The van der Waals surface area contributed by atoms with Crippen molar-refractivity contribution in [3.05, 3.63) is 94.5 Å². The van der Waals surface area contributed by atoms with Crippen molar-refractivity contribution < 1.29 is 0 Å². The molecule has 2 nitrogen and oxygen atoms in total. The minimum absolute atomic E-state index is 0.949. The van der Waals surface area contributed by atoms with Gasteiger partial charge in [-0.3, -0.25) is 0 Å². The van der Waals surface area contributed by atoms with Gasteiger partial charge in [0.05, 0.1) is 15.9 Å². The molecule has 1 aromatic heterocycles. The van der Waals surface area contributed by atoms with Crippen molar-refractivity contribution in [3.8, 4) is 28.2 Å². The van der Waals surface area contributed by atoms with Gasteiger partial charge < -0.3 is 0 Å². The van der Waals surface area contributed by atoms with Crippen LogP contribution in [0.1, 0.15) is 11.1 Å². The highest BCUT2D eigenvalue weighted by atomic mass is 79.9. The smallest absolute Gasteiger partial charge is 0.108 e. The molecule has 0 radical (unpaired) electrons. The average Bonchev–Trinajstić information content (AvgIpc) is 3.01. The molecule has 0 aliphatic rings. The number of nitrogens with zero attached hydrogens (tertiary/aromatic N) is 2. The second-order valence-electron chi connectivity index (χ2n) is 6.49. The zero-order valence-electron chi connectivity index (χ0n) is 14.8. The first-order valence-electron chi connectivity index (χ1n) is 8.61. The predicted molar refractivity (Wildman–Crippen MR) is 112 cm³/mol. The first-order valence-corrected chi connectivity index (χ1v) is 9.41. The Morgan fingerprint density at radius 2 is 1.27 bits per heavy atom. The van der Waals surface area contributed by atoms with Gasteiger partial charge in [-0.2, -0.15) is 5.10 Å². The van der Waals surface area contributed by atoms with Gasteiger partial charge in [0.1, 0.15) is 5.69 Å². The summed E-state index contributed by atoms with van der Waals surface area (Å²) in [5, 5.41) is 4.96. The Bertz CT molecular complexity index is 1030. The first-order chi connectivity index (χ1) is 12.6. The normalized spacial score (nSPS) is 10.9. The summed E-state index contributed by atoms with van der Waals surface area (Å²) in [5.74, 6) is 0. The Kier molecular flexibility index (Phi) is 4.48. The fraction of sp³-hybridized carbons (Fsp3) is 0.0870. The quantitative estimate of drug-likeness (QED) is 0.378. The van der Waals surface area contributed by atoms with Crippen LogP contribution in [0.15, 0.2) is 83.3 Å². The highest BCUT2D eigenvalue weighted by Gasteiger charge is 2.19. The van der Waals surface area contributed by atoms with Crippen molar-refractivity contribution in [1.82, 2.24) is 9.78 Å². The van der Waals surface area contributed by atoms with E-state index in [1.807, 2.05) is 10.7 Å². The van der Waals surface area contributed by atoms with Crippen molar-refractivity contribution in [1.29, 1.82) is 0 Å². The van der Waals surface area contributed by atoms with Gasteiger partial charge in [-0.25, -0.2) is 4.68 Å². The third-order valence-electron chi connectivity index (χ3n) is 4.48. The SMILES string of the molecule is Cc1ccc(-c2nn(-c3ccc(C)cc3)c(-c3ccccc3)c2Br)cc1. The Morgan fingerprint density at radius 1 is 0.692 bits per heavy atom. The van der Waals surface area contributed by atoms with Gasteiger partial charge in [-0.15, -0.1) is 0 Å². The van der Waals surface area contributed by atoms with Gasteiger partial charge in [-0.05, 0) is 41.9 Å². The predicted octanol–water partition coefficient (Wildman–Crippen LogP) is 6.59. The summed E-state index contributed by atoms with van der Waals surface area (Å²) in [6, 6.07) is 27.3. The summed E-state index contributed by atoms with van der Waals surface area (Å²) in [4.78, 5) is 0. The number of benzene rings is 3.